The van der Waals surface area contributed by atoms with Crippen molar-refractivity contribution in [1.82, 2.24) is 0 Å². The van der Waals surface area contributed by atoms with Crippen LogP contribution in [0.5, 0.6) is 5.75 Å². The lowest BCUT2D eigenvalue weighted by Crippen LogP contribution is -2.19. The van der Waals surface area contributed by atoms with Crippen LogP contribution in [0.4, 0.5) is 0 Å². The van der Waals surface area contributed by atoms with Gasteiger partial charge in [-0.25, -0.2) is 0 Å². The van der Waals surface area contributed by atoms with Crippen LogP contribution in [0.1, 0.15) is 66.5 Å². The molecule has 0 spiro atoms. The van der Waals surface area contributed by atoms with Gasteiger partial charge in [0.2, 0.25) is 0 Å². The molecule has 0 radical (unpaired) electrons. The molecular weight excluding hydrogens is 383 g/mol. The van der Waals surface area contributed by atoms with E-state index in [1.54, 1.807) is 0 Å². The third kappa shape index (κ3) is 5.25. The molecule has 0 aliphatic heterocycles. The molecular formula is C28H37OP. The van der Waals surface area contributed by atoms with Crippen molar-refractivity contribution in [3.05, 3.63) is 71.8 Å². The van der Waals surface area contributed by atoms with Crippen molar-refractivity contribution in [1.29, 1.82) is 0 Å². The van der Waals surface area contributed by atoms with E-state index in [1.165, 1.54) is 27.2 Å². The highest BCUT2D eigenvalue weighted by atomic mass is 31.1. The van der Waals surface area contributed by atoms with Crippen LogP contribution < -0.4 is 9.83 Å². The van der Waals surface area contributed by atoms with E-state index in [0.29, 0.717) is 5.92 Å². The van der Waals surface area contributed by atoms with Gasteiger partial charge in [-0.2, -0.15) is 0 Å². The third-order valence-electron chi connectivity index (χ3n) is 5.43. The maximum Gasteiger partial charge on any atom is 0.127 e. The number of rotatable bonds is 5. The molecule has 0 aliphatic carbocycles. The zero-order valence-electron chi connectivity index (χ0n) is 19.9. The van der Waals surface area contributed by atoms with E-state index in [0.717, 1.165) is 11.9 Å². The molecule has 0 aromatic heterocycles. The Morgan fingerprint density at radius 2 is 1.47 bits per heavy atom. The molecule has 3 aromatic rings. The molecule has 30 heavy (non-hydrogen) atoms. The van der Waals surface area contributed by atoms with Crippen LogP contribution in [-0.2, 0) is 10.8 Å². The maximum absolute atomic E-state index is 6.91. The van der Waals surface area contributed by atoms with Gasteiger partial charge in [0.1, 0.15) is 13.9 Å². The normalized spacial score (nSPS) is 13.6. The van der Waals surface area contributed by atoms with Crippen molar-refractivity contribution in [3.63, 3.8) is 0 Å². The minimum Gasteiger partial charge on any atom is -0.469 e. The van der Waals surface area contributed by atoms with E-state index >= 15 is 0 Å². The zero-order valence-corrected chi connectivity index (χ0v) is 20.8. The second kappa shape index (κ2) is 8.72. The van der Waals surface area contributed by atoms with Gasteiger partial charge in [-0.1, -0.05) is 110 Å². The first kappa shape index (κ1) is 22.8. The molecule has 1 unspecified atom stereocenters. The lowest BCUT2D eigenvalue weighted by atomic mass is 9.80. The summed E-state index contributed by atoms with van der Waals surface area (Å²) >= 11 is 0. The van der Waals surface area contributed by atoms with Crippen LogP contribution in [0.25, 0.3) is 10.8 Å². The Labute approximate surface area is 184 Å². The Morgan fingerprint density at radius 1 is 0.800 bits per heavy atom. The molecule has 0 bridgehead atoms. The summed E-state index contributed by atoms with van der Waals surface area (Å²) in [6.45, 7) is 18.2. The highest BCUT2D eigenvalue weighted by Crippen LogP contribution is 2.45. The van der Waals surface area contributed by atoms with Gasteiger partial charge in [-0.05, 0) is 39.2 Å². The van der Waals surface area contributed by atoms with E-state index in [9.17, 15) is 0 Å². The summed E-state index contributed by atoms with van der Waals surface area (Å²) in [6, 6.07) is 22.1. The Kier molecular flexibility index (Phi) is 6.63. The van der Waals surface area contributed by atoms with E-state index in [1.807, 2.05) is 0 Å². The molecule has 0 aliphatic rings. The Balaban J connectivity index is 2.10. The fraction of sp³-hybridized carbons (Fsp3) is 0.429. The molecule has 0 saturated heterocycles. The summed E-state index contributed by atoms with van der Waals surface area (Å²) in [5, 5.41) is 3.95. The molecule has 0 heterocycles. The van der Waals surface area contributed by atoms with Crippen LogP contribution >= 0.6 is 8.15 Å². The Hall–Kier alpha value is -1.85. The molecule has 0 fully saturated rings. The molecule has 0 saturated carbocycles. The summed E-state index contributed by atoms with van der Waals surface area (Å²) in [4.78, 5) is 0. The molecule has 3 aromatic carbocycles. The van der Waals surface area contributed by atoms with Gasteiger partial charge in [0.05, 0.1) is 0 Å². The third-order valence-corrected chi connectivity index (χ3v) is 7.83. The van der Waals surface area contributed by atoms with Crippen LogP contribution in [0.2, 0.25) is 0 Å². The summed E-state index contributed by atoms with van der Waals surface area (Å²) in [5.74, 6) is 1.61. The molecule has 3 rings (SSSR count). The predicted molar refractivity (Wildman–Crippen MR) is 135 cm³/mol. The van der Waals surface area contributed by atoms with Gasteiger partial charge in [0.15, 0.2) is 0 Å². The fourth-order valence-corrected chi connectivity index (χ4v) is 5.88. The number of hydrogen-bond acceptors (Lipinski definition) is 1. The van der Waals surface area contributed by atoms with E-state index in [4.69, 9.17) is 4.52 Å². The second-order valence-electron chi connectivity index (χ2n) is 10.8. The van der Waals surface area contributed by atoms with E-state index in [-0.39, 0.29) is 10.8 Å². The zero-order chi connectivity index (χ0) is 22.1. The van der Waals surface area contributed by atoms with Gasteiger partial charge >= 0.3 is 0 Å². The summed E-state index contributed by atoms with van der Waals surface area (Å²) < 4.78 is 6.91. The highest BCUT2D eigenvalue weighted by molar-refractivity contribution is 7.61. The van der Waals surface area contributed by atoms with E-state index < -0.39 is 8.15 Å². The van der Waals surface area contributed by atoms with Gasteiger partial charge in [0.25, 0.3) is 0 Å². The smallest absolute Gasteiger partial charge is 0.127 e. The Morgan fingerprint density at radius 3 is 2.10 bits per heavy atom. The van der Waals surface area contributed by atoms with Crippen molar-refractivity contribution in [2.75, 3.05) is 6.16 Å². The number of fused-ring (bicyclic) bond motifs is 1. The predicted octanol–water partition coefficient (Wildman–Crippen LogP) is 8.19. The minimum absolute atomic E-state index is 0.0220. The van der Waals surface area contributed by atoms with Crippen LogP contribution in [0.15, 0.2) is 60.7 Å². The standard InChI is InChI=1S/C28H37OP/c1-20(2)19-30(26-15-11-13-21-12-9-10-14-23(21)26)29-25-17-16-22(27(3,4)5)18-24(25)28(6,7)8/h9-18,20H,19H2,1-8H3. The van der Waals surface area contributed by atoms with Crippen molar-refractivity contribution >= 4 is 24.2 Å². The van der Waals surface area contributed by atoms with Gasteiger partial charge in [-0.3, -0.25) is 0 Å². The minimum atomic E-state index is -0.772. The summed E-state index contributed by atoms with van der Waals surface area (Å²) in [6.07, 6.45) is 1.05. The van der Waals surface area contributed by atoms with Gasteiger partial charge in [-0.15, -0.1) is 0 Å². The lowest BCUT2D eigenvalue weighted by Gasteiger charge is -2.30. The SMILES string of the molecule is CC(C)CP(Oc1ccc(C(C)(C)C)cc1C(C)(C)C)c1cccc2ccccc12. The topological polar surface area (TPSA) is 9.23 Å². The molecule has 1 nitrogen and oxygen atoms in total. The number of hydrogen-bond donors (Lipinski definition) is 0. The van der Waals surface area contributed by atoms with Crippen molar-refractivity contribution < 1.29 is 4.52 Å². The fourth-order valence-electron chi connectivity index (χ4n) is 3.72. The lowest BCUT2D eigenvalue weighted by molar-refractivity contribution is 0.527. The first-order valence-electron chi connectivity index (χ1n) is 11.0. The molecule has 0 amide bonds. The largest absolute Gasteiger partial charge is 0.469 e. The van der Waals surface area contributed by atoms with E-state index in [2.05, 4.69) is 116 Å². The van der Waals surface area contributed by atoms with Crippen LogP contribution in [-0.4, -0.2) is 6.16 Å². The van der Waals surface area contributed by atoms with Crippen LogP contribution in [0, 0.1) is 5.92 Å². The Bertz CT molecular complexity index is 1000. The monoisotopic (exact) mass is 420 g/mol. The second-order valence-corrected chi connectivity index (χ2v) is 12.5. The average molecular weight is 421 g/mol. The van der Waals surface area contributed by atoms with Crippen molar-refractivity contribution in [2.45, 2.75) is 66.2 Å². The summed E-state index contributed by atoms with van der Waals surface area (Å²) in [7, 11) is -0.772. The summed E-state index contributed by atoms with van der Waals surface area (Å²) in [5.41, 5.74) is 2.80. The van der Waals surface area contributed by atoms with Gasteiger partial charge in [0, 0.05) is 17.0 Å². The van der Waals surface area contributed by atoms with Crippen molar-refractivity contribution in [2.24, 2.45) is 5.92 Å². The quantitative estimate of drug-likeness (QED) is 0.378. The average Bonchev–Trinajstić information content (AvgIpc) is 2.65. The maximum atomic E-state index is 6.91. The van der Waals surface area contributed by atoms with Crippen molar-refractivity contribution in [3.8, 4) is 5.75 Å². The van der Waals surface area contributed by atoms with Gasteiger partial charge < -0.3 is 4.52 Å². The first-order chi connectivity index (χ1) is 14.0. The molecule has 0 N–H and O–H groups in total. The highest BCUT2D eigenvalue weighted by Gasteiger charge is 2.26. The molecule has 160 valence electrons. The first-order valence-corrected chi connectivity index (χ1v) is 12.5. The molecule has 2 heteroatoms. The van der Waals surface area contributed by atoms with Crippen LogP contribution in [0.3, 0.4) is 0 Å². The molecule has 1 atom stereocenters. The number of benzene rings is 3.